The van der Waals surface area contributed by atoms with Gasteiger partial charge in [0.25, 0.3) is 5.91 Å². The van der Waals surface area contributed by atoms with Crippen LogP contribution in [0, 0.1) is 19.3 Å². The van der Waals surface area contributed by atoms with Crippen LogP contribution in [-0.4, -0.2) is 26.0 Å². The summed E-state index contributed by atoms with van der Waals surface area (Å²) in [5.41, 5.74) is 1.92. The summed E-state index contributed by atoms with van der Waals surface area (Å²) in [5.74, 6) is -1.10. The third-order valence-corrected chi connectivity index (χ3v) is 6.94. The molecule has 6 nitrogen and oxygen atoms in total. The Bertz CT molecular complexity index is 1050. The van der Waals surface area contributed by atoms with Gasteiger partial charge in [0.2, 0.25) is 15.9 Å². The fraction of sp³-hybridized carbons (Fsp3) is 0.300. The standard InChI is InChI=1S/C20H21ClN2O4S/c1-12-9-13(2)17(16(21)10-12)22-18(24)14-5-7-15(8-6-14)23-19(25)20(3,4)11-28(23,26)27/h5-10H,11H2,1-4H3,(H,22,24). The molecule has 0 radical (unpaired) electrons. The molecule has 2 aromatic carbocycles. The van der Waals surface area contributed by atoms with Gasteiger partial charge in [-0.15, -0.1) is 0 Å². The van der Waals surface area contributed by atoms with Crippen LogP contribution < -0.4 is 9.62 Å². The average molecular weight is 421 g/mol. The maximum atomic E-state index is 12.6. The predicted octanol–water partition coefficient (Wildman–Crippen LogP) is 3.91. The number of benzene rings is 2. The second-order valence-electron chi connectivity index (χ2n) is 7.65. The van der Waals surface area contributed by atoms with E-state index >= 15 is 0 Å². The van der Waals surface area contributed by atoms with Crippen molar-refractivity contribution < 1.29 is 18.0 Å². The third kappa shape index (κ3) is 3.64. The van der Waals surface area contributed by atoms with E-state index in [1.807, 2.05) is 19.9 Å². The number of aryl methyl sites for hydroxylation is 2. The molecular weight excluding hydrogens is 400 g/mol. The van der Waals surface area contributed by atoms with E-state index in [1.165, 1.54) is 24.3 Å². The minimum Gasteiger partial charge on any atom is -0.320 e. The van der Waals surface area contributed by atoms with E-state index in [0.29, 0.717) is 16.3 Å². The Labute approximate surface area is 169 Å². The maximum absolute atomic E-state index is 12.6. The van der Waals surface area contributed by atoms with Crippen molar-refractivity contribution in [1.82, 2.24) is 0 Å². The van der Waals surface area contributed by atoms with Gasteiger partial charge in [-0.25, -0.2) is 12.7 Å². The Morgan fingerprint density at radius 2 is 1.75 bits per heavy atom. The van der Waals surface area contributed by atoms with Crippen molar-refractivity contribution in [3.05, 3.63) is 58.1 Å². The van der Waals surface area contributed by atoms with E-state index < -0.39 is 21.3 Å². The number of nitrogens with one attached hydrogen (secondary N) is 1. The predicted molar refractivity (Wildman–Crippen MR) is 110 cm³/mol. The van der Waals surface area contributed by atoms with Crippen LogP contribution in [0.5, 0.6) is 0 Å². The molecule has 0 spiro atoms. The van der Waals surface area contributed by atoms with E-state index in [1.54, 1.807) is 19.9 Å². The lowest BCUT2D eigenvalue weighted by atomic mass is 9.95. The van der Waals surface area contributed by atoms with Crippen molar-refractivity contribution in [2.24, 2.45) is 5.41 Å². The molecule has 1 aliphatic rings. The lowest BCUT2D eigenvalue weighted by Crippen LogP contribution is -2.32. The molecule has 1 N–H and O–H groups in total. The van der Waals surface area contributed by atoms with Gasteiger partial charge in [-0.1, -0.05) is 17.7 Å². The molecule has 28 heavy (non-hydrogen) atoms. The topological polar surface area (TPSA) is 83.6 Å². The van der Waals surface area contributed by atoms with Gasteiger partial charge in [-0.3, -0.25) is 9.59 Å². The Morgan fingerprint density at radius 1 is 1.14 bits per heavy atom. The fourth-order valence-electron chi connectivity index (χ4n) is 3.27. The quantitative estimate of drug-likeness (QED) is 0.815. The molecule has 1 aliphatic heterocycles. The van der Waals surface area contributed by atoms with E-state index in [0.717, 1.165) is 15.4 Å². The number of halogens is 1. The molecular formula is C20H21ClN2O4S. The van der Waals surface area contributed by atoms with E-state index in [4.69, 9.17) is 11.6 Å². The summed E-state index contributed by atoms with van der Waals surface area (Å²) in [4.78, 5) is 25.0. The second kappa shape index (κ2) is 6.90. The lowest BCUT2D eigenvalue weighted by molar-refractivity contribution is -0.123. The normalized spacial score (nSPS) is 17.6. The highest BCUT2D eigenvalue weighted by Crippen LogP contribution is 2.36. The van der Waals surface area contributed by atoms with Crippen molar-refractivity contribution in [2.45, 2.75) is 27.7 Å². The van der Waals surface area contributed by atoms with Gasteiger partial charge in [0, 0.05) is 5.56 Å². The summed E-state index contributed by atoms with van der Waals surface area (Å²) in [6.07, 6.45) is 0. The molecule has 3 rings (SSSR count). The Hall–Kier alpha value is -2.38. The molecule has 2 amide bonds. The molecule has 1 fully saturated rings. The molecule has 0 atom stereocenters. The van der Waals surface area contributed by atoms with Crippen LogP contribution in [0.25, 0.3) is 0 Å². The number of hydrogen-bond donors (Lipinski definition) is 1. The van der Waals surface area contributed by atoms with Gasteiger partial charge >= 0.3 is 0 Å². The Kier molecular flexibility index (Phi) is 5.02. The van der Waals surface area contributed by atoms with Crippen LogP contribution >= 0.6 is 11.6 Å². The lowest BCUT2D eigenvalue weighted by Gasteiger charge is -2.18. The molecule has 1 heterocycles. The number of rotatable bonds is 3. The zero-order chi connectivity index (χ0) is 20.9. The van der Waals surface area contributed by atoms with E-state index in [-0.39, 0.29) is 17.3 Å². The van der Waals surface area contributed by atoms with Crippen molar-refractivity contribution in [3.8, 4) is 0 Å². The number of sulfonamides is 1. The molecule has 8 heteroatoms. The highest BCUT2D eigenvalue weighted by molar-refractivity contribution is 7.94. The van der Waals surface area contributed by atoms with Crippen molar-refractivity contribution >= 4 is 44.8 Å². The van der Waals surface area contributed by atoms with Crippen LogP contribution in [0.15, 0.2) is 36.4 Å². The van der Waals surface area contributed by atoms with Crippen LogP contribution in [0.4, 0.5) is 11.4 Å². The van der Waals surface area contributed by atoms with E-state index in [2.05, 4.69) is 5.32 Å². The smallest absolute Gasteiger partial charge is 0.255 e. The third-order valence-electron chi connectivity index (χ3n) is 4.62. The molecule has 0 aliphatic carbocycles. The van der Waals surface area contributed by atoms with Gasteiger partial charge in [0.1, 0.15) is 0 Å². The van der Waals surface area contributed by atoms with E-state index in [9.17, 15) is 18.0 Å². The summed E-state index contributed by atoms with van der Waals surface area (Å²) in [7, 11) is -3.73. The molecule has 1 saturated heterocycles. The molecule has 148 valence electrons. The van der Waals surface area contributed by atoms with Crippen LogP contribution in [0.3, 0.4) is 0 Å². The number of carbonyl (C=O) groups excluding carboxylic acids is 2. The Balaban J connectivity index is 1.86. The van der Waals surface area contributed by atoms with Crippen LogP contribution in [-0.2, 0) is 14.8 Å². The van der Waals surface area contributed by atoms with Crippen LogP contribution in [0.2, 0.25) is 5.02 Å². The molecule has 0 unspecified atom stereocenters. The number of nitrogens with zero attached hydrogens (tertiary/aromatic N) is 1. The molecule has 2 aromatic rings. The number of amides is 2. The van der Waals surface area contributed by atoms with Crippen LogP contribution in [0.1, 0.15) is 35.3 Å². The zero-order valence-electron chi connectivity index (χ0n) is 16.0. The van der Waals surface area contributed by atoms with Crippen molar-refractivity contribution in [3.63, 3.8) is 0 Å². The van der Waals surface area contributed by atoms with Gasteiger partial charge in [-0.05, 0) is 69.2 Å². The van der Waals surface area contributed by atoms with Gasteiger partial charge in [-0.2, -0.15) is 0 Å². The molecule has 0 saturated carbocycles. The molecule has 0 aromatic heterocycles. The first-order valence-electron chi connectivity index (χ1n) is 8.68. The van der Waals surface area contributed by atoms with Crippen molar-refractivity contribution in [2.75, 3.05) is 15.4 Å². The first-order chi connectivity index (χ1) is 12.9. The summed E-state index contributed by atoms with van der Waals surface area (Å²) < 4.78 is 25.5. The summed E-state index contributed by atoms with van der Waals surface area (Å²) in [6, 6.07) is 9.55. The second-order valence-corrected chi connectivity index (χ2v) is 9.87. The fourth-order valence-corrected chi connectivity index (χ4v) is 5.74. The summed E-state index contributed by atoms with van der Waals surface area (Å²) in [6.45, 7) is 6.96. The number of anilines is 2. The maximum Gasteiger partial charge on any atom is 0.255 e. The summed E-state index contributed by atoms with van der Waals surface area (Å²) >= 11 is 6.23. The van der Waals surface area contributed by atoms with Crippen molar-refractivity contribution in [1.29, 1.82) is 0 Å². The highest BCUT2D eigenvalue weighted by Gasteiger charge is 2.49. The minimum absolute atomic E-state index is 0.219. The highest BCUT2D eigenvalue weighted by atomic mass is 35.5. The largest absolute Gasteiger partial charge is 0.320 e. The SMILES string of the molecule is Cc1cc(C)c(NC(=O)c2ccc(N3C(=O)C(C)(C)CS3(=O)=O)cc2)c(Cl)c1. The molecule has 0 bridgehead atoms. The average Bonchev–Trinajstić information content (AvgIpc) is 2.74. The summed E-state index contributed by atoms with van der Waals surface area (Å²) in [5, 5.41) is 3.22. The first kappa shape index (κ1) is 20.4. The number of carbonyl (C=O) groups is 2. The minimum atomic E-state index is -3.73. The first-order valence-corrected chi connectivity index (χ1v) is 10.7. The zero-order valence-corrected chi connectivity index (χ0v) is 17.6. The Morgan fingerprint density at radius 3 is 2.25 bits per heavy atom. The van der Waals surface area contributed by atoms with Gasteiger partial charge in [0.15, 0.2) is 0 Å². The van der Waals surface area contributed by atoms with Gasteiger partial charge < -0.3 is 5.32 Å². The van der Waals surface area contributed by atoms with Gasteiger partial charge in [0.05, 0.1) is 27.6 Å². The monoisotopic (exact) mass is 420 g/mol. The number of hydrogen-bond acceptors (Lipinski definition) is 4.